The van der Waals surface area contributed by atoms with E-state index in [9.17, 15) is 18.0 Å². The minimum absolute atomic E-state index is 0.0220. The monoisotopic (exact) mass is 617 g/mol. The standard InChI is InChI=1S/C32H35N5O6S/c1-22-31(23(2)43-35-22)44(40,41)34-13-11-30(38)37-15-14-36(3)32(39)26-7-4-6-24(18-26)19-28-20-25(27-8-5-12-33-21-27)9-10-29(28)42-17-16-37/h4-10,12,18,20-21,34H,11,13-17,19H2,1-3H3. The van der Waals surface area contributed by atoms with Crippen molar-refractivity contribution in [2.24, 2.45) is 0 Å². The lowest BCUT2D eigenvalue weighted by Crippen LogP contribution is -2.42. The van der Waals surface area contributed by atoms with Crippen LogP contribution in [-0.4, -0.2) is 80.0 Å². The van der Waals surface area contributed by atoms with Crippen molar-refractivity contribution in [1.82, 2.24) is 24.7 Å². The second-order valence-electron chi connectivity index (χ2n) is 10.7. The first kappa shape index (κ1) is 30.9. The van der Waals surface area contributed by atoms with E-state index in [-0.39, 0.29) is 60.8 Å². The Labute approximate surface area is 256 Å². The molecule has 2 aromatic carbocycles. The first-order valence-electron chi connectivity index (χ1n) is 14.3. The zero-order chi connectivity index (χ0) is 31.3. The largest absolute Gasteiger partial charge is 0.491 e. The van der Waals surface area contributed by atoms with Gasteiger partial charge in [-0.2, -0.15) is 0 Å². The number of aryl methyl sites for hydroxylation is 2. The highest BCUT2D eigenvalue weighted by atomic mass is 32.2. The van der Waals surface area contributed by atoms with E-state index in [2.05, 4.69) is 20.9 Å². The van der Waals surface area contributed by atoms with Crippen LogP contribution in [0.4, 0.5) is 0 Å². The van der Waals surface area contributed by atoms with Gasteiger partial charge in [-0.1, -0.05) is 29.4 Å². The molecule has 230 valence electrons. The minimum Gasteiger partial charge on any atom is -0.491 e. The number of benzene rings is 2. The van der Waals surface area contributed by atoms with E-state index < -0.39 is 10.0 Å². The molecule has 0 unspecified atom stereocenters. The van der Waals surface area contributed by atoms with Gasteiger partial charge in [0.05, 0.1) is 6.54 Å². The third kappa shape index (κ3) is 7.14. The SMILES string of the molecule is Cc1noc(C)c1S(=O)(=O)NCCC(=O)N1CCOc2ccc(-c3cccnc3)cc2Cc2cccc(c2)C(=O)N(C)CC1. The fraction of sp³-hybridized carbons (Fsp3) is 0.312. The number of nitrogens with zero attached hydrogens (tertiary/aromatic N) is 4. The number of amides is 2. The van der Waals surface area contributed by atoms with Crippen LogP contribution < -0.4 is 9.46 Å². The van der Waals surface area contributed by atoms with Gasteiger partial charge in [-0.3, -0.25) is 14.6 Å². The zero-order valence-electron chi connectivity index (χ0n) is 24.9. The minimum atomic E-state index is -3.90. The smallest absolute Gasteiger partial charge is 0.253 e. The molecule has 0 saturated carbocycles. The Kier molecular flexibility index (Phi) is 9.40. The summed E-state index contributed by atoms with van der Waals surface area (Å²) in [5.74, 6) is 0.448. The van der Waals surface area contributed by atoms with Crippen LogP contribution in [0.5, 0.6) is 5.75 Å². The van der Waals surface area contributed by atoms with E-state index >= 15 is 0 Å². The van der Waals surface area contributed by atoms with E-state index in [0.29, 0.717) is 24.3 Å². The third-order valence-corrected chi connectivity index (χ3v) is 9.22. The van der Waals surface area contributed by atoms with Crippen LogP contribution in [0.1, 0.15) is 39.4 Å². The van der Waals surface area contributed by atoms with Crippen molar-refractivity contribution in [3.8, 4) is 16.9 Å². The first-order chi connectivity index (χ1) is 21.1. The Morgan fingerprint density at radius 1 is 1.00 bits per heavy atom. The van der Waals surface area contributed by atoms with Gasteiger partial charge >= 0.3 is 0 Å². The lowest BCUT2D eigenvalue weighted by Gasteiger charge is -2.27. The van der Waals surface area contributed by atoms with Crippen LogP contribution in [-0.2, 0) is 21.2 Å². The Hall–Kier alpha value is -4.55. The third-order valence-electron chi connectivity index (χ3n) is 7.51. The van der Waals surface area contributed by atoms with Gasteiger partial charge in [0.25, 0.3) is 5.91 Å². The van der Waals surface area contributed by atoms with Crippen LogP contribution in [0, 0.1) is 13.8 Å². The first-order valence-corrected chi connectivity index (χ1v) is 15.8. The quantitative estimate of drug-likeness (QED) is 0.347. The maximum Gasteiger partial charge on any atom is 0.253 e. The maximum atomic E-state index is 13.3. The fourth-order valence-corrected chi connectivity index (χ4v) is 6.56. The van der Waals surface area contributed by atoms with Crippen molar-refractivity contribution in [2.75, 3.05) is 39.8 Å². The summed E-state index contributed by atoms with van der Waals surface area (Å²) in [6.45, 7) is 3.98. The molecule has 1 N–H and O–H groups in total. The molecule has 44 heavy (non-hydrogen) atoms. The molecular weight excluding hydrogens is 582 g/mol. The van der Waals surface area contributed by atoms with Crippen molar-refractivity contribution in [3.05, 3.63) is 95.1 Å². The van der Waals surface area contributed by atoms with Crippen LogP contribution in [0.15, 0.2) is 76.4 Å². The number of sulfonamides is 1. The Bertz CT molecular complexity index is 1740. The molecule has 0 radical (unpaired) electrons. The Morgan fingerprint density at radius 3 is 2.57 bits per heavy atom. The zero-order valence-corrected chi connectivity index (χ0v) is 25.8. The second-order valence-corrected chi connectivity index (χ2v) is 12.4. The molecule has 0 atom stereocenters. The molecule has 0 fully saturated rings. The summed E-state index contributed by atoms with van der Waals surface area (Å²) >= 11 is 0. The average molecular weight is 618 g/mol. The lowest BCUT2D eigenvalue weighted by atomic mass is 9.98. The molecule has 4 aromatic rings. The number of likely N-dealkylation sites (N-methyl/N-ethyl adjacent to an activating group) is 1. The molecule has 12 heteroatoms. The molecule has 3 heterocycles. The number of hydrogen-bond acceptors (Lipinski definition) is 8. The van der Waals surface area contributed by atoms with Gasteiger partial charge in [0.15, 0.2) is 5.76 Å². The van der Waals surface area contributed by atoms with Crippen molar-refractivity contribution >= 4 is 21.8 Å². The molecule has 1 aliphatic heterocycles. The summed E-state index contributed by atoms with van der Waals surface area (Å²) in [4.78, 5) is 34.0. The molecular formula is C32H35N5O6S. The number of rotatable bonds is 6. The number of nitrogens with one attached hydrogen (secondary N) is 1. The summed E-state index contributed by atoms with van der Waals surface area (Å²) in [7, 11) is -2.20. The summed E-state index contributed by atoms with van der Waals surface area (Å²) in [6, 6.07) is 17.4. The van der Waals surface area contributed by atoms with Crippen LogP contribution >= 0.6 is 0 Å². The van der Waals surface area contributed by atoms with Crippen molar-refractivity contribution < 1.29 is 27.3 Å². The fourth-order valence-electron chi connectivity index (χ4n) is 5.21. The molecule has 1 aliphatic rings. The molecule has 0 saturated heterocycles. The van der Waals surface area contributed by atoms with E-state index in [1.54, 1.807) is 42.2 Å². The Balaban J connectivity index is 1.35. The summed E-state index contributed by atoms with van der Waals surface area (Å²) in [6.07, 6.45) is 4.00. The van der Waals surface area contributed by atoms with Gasteiger partial charge in [0.1, 0.15) is 22.9 Å². The van der Waals surface area contributed by atoms with E-state index in [1.807, 2.05) is 42.5 Å². The normalized spacial score (nSPS) is 14.5. The van der Waals surface area contributed by atoms with Crippen molar-refractivity contribution in [1.29, 1.82) is 0 Å². The summed E-state index contributed by atoms with van der Waals surface area (Å²) in [5, 5.41) is 3.70. The van der Waals surface area contributed by atoms with Gasteiger partial charge in [-0.25, -0.2) is 13.1 Å². The highest BCUT2D eigenvalue weighted by Crippen LogP contribution is 2.29. The predicted molar refractivity (Wildman–Crippen MR) is 164 cm³/mol. The van der Waals surface area contributed by atoms with Gasteiger partial charge in [-0.05, 0) is 60.9 Å². The van der Waals surface area contributed by atoms with E-state index in [4.69, 9.17) is 9.26 Å². The number of fused-ring (bicyclic) bond motifs is 3. The van der Waals surface area contributed by atoms with E-state index in [1.165, 1.54) is 6.92 Å². The van der Waals surface area contributed by atoms with Gasteiger partial charge in [0.2, 0.25) is 15.9 Å². The summed E-state index contributed by atoms with van der Waals surface area (Å²) < 4.78 is 39.3. The second kappa shape index (κ2) is 13.4. The van der Waals surface area contributed by atoms with Gasteiger partial charge < -0.3 is 19.1 Å². The Morgan fingerprint density at radius 2 is 1.82 bits per heavy atom. The highest BCUT2D eigenvalue weighted by molar-refractivity contribution is 7.89. The number of carbonyl (C=O) groups excluding carboxylic acids is 2. The lowest BCUT2D eigenvalue weighted by molar-refractivity contribution is -0.131. The number of aromatic nitrogens is 2. The molecule has 0 aliphatic carbocycles. The van der Waals surface area contributed by atoms with Gasteiger partial charge in [-0.15, -0.1) is 0 Å². The predicted octanol–water partition coefficient (Wildman–Crippen LogP) is 3.61. The number of hydrogen-bond donors (Lipinski definition) is 1. The van der Waals surface area contributed by atoms with Crippen LogP contribution in [0.2, 0.25) is 0 Å². The van der Waals surface area contributed by atoms with Gasteiger partial charge in [0, 0.05) is 63.0 Å². The van der Waals surface area contributed by atoms with Crippen LogP contribution in [0.3, 0.4) is 0 Å². The maximum absolute atomic E-state index is 13.3. The molecule has 11 nitrogen and oxygen atoms in total. The number of pyridine rings is 1. The molecule has 2 bridgehead atoms. The molecule has 5 rings (SSSR count). The summed E-state index contributed by atoms with van der Waals surface area (Å²) in [5.41, 5.74) is 4.68. The topological polar surface area (TPSA) is 135 Å². The van der Waals surface area contributed by atoms with E-state index in [0.717, 1.165) is 22.3 Å². The average Bonchev–Trinajstić information content (AvgIpc) is 3.37. The molecule has 2 amide bonds. The van der Waals surface area contributed by atoms with Crippen molar-refractivity contribution in [3.63, 3.8) is 0 Å². The highest BCUT2D eigenvalue weighted by Gasteiger charge is 2.25. The number of carbonyl (C=O) groups is 2. The molecule has 2 aromatic heterocycles. The van der Waals surface area contributed by atoms with Crippen molar-refractivity contribution in [2.45, 2.75) is 31.6 Å². The molecule has 0 spiro atoms. The van der Waals surface area contributed by atoms with Crippen LogP contribution in [0.25, 0.3) is 11.1 Å². The number of ether oxygens (including phenoxy) is 1.